The maximum absolute atomic E-state index is 5.47. The Morgan fingerprint density at radius 2 is 2.05 bits per heavy atom. The molecule has 1 aliphatic heterocycles. The fraction of sp³-hybridized carbons (Fsp3) is 0.267. The lowest BCUT2D eigenvalue weighted by Crippen LogP contribution is -2.29. The number of thiocarbonyl (C=S) groups is 1. The largest absolute Gasteiger partial charge is 0.369 e. The summed E-state index contributed by atoms with van der Waals surface area (Å²) in [4.78, 5) is 5.53. The lowest BCUT2D eigenvalue weighted by molar-refractivity contribution is 0.647. The van der Waals surface area contributed by atoms with Gasteiger partial charge in [0.15, 0.2) is 0 Å². The van der Waals surface area contributed by atoms with Gasteiger partial charge in [-0.05, 0) is 19.4 Å². The molecule has 4 nitrogen and oxygen atoms in total. The summed E-state index contributed by atoms with van der Waals surface area (Å²) >= 11 is 5.47. The molecule has 0 saturated heterocycles. The average molecular weight is 284 g/mol. The van der Waals surface area contributed by atoms with E-state index in [0.29, 0.717) is 6.54 Å². The number of hydrogen-bond donors (Lipinski definition) is 1. The van der Waals surface area contributed by atoms with Gasteiger partial charge in [-0.15, -0.1) is 0 Å². The molecule has 0 amide bonds. The van der Waals surface area contributed by atoms with E-state index in [1.807, 2.05) is 29.8 Å². The molecule has 2 heterocycles. The van der Waals surface area contributed by atoms with Crippen LogP contribution in [0.2, 0.25) is 0 Å². The van der Waals surface area contributed by atoms with Crippen molar-refractivity contribution < 1.29 is 0 Å². The first-order chi connectivity index (χ1) is 9.70. The van der Waals surface area contributed by atoms with Gasteiger partial charge >= 0.3 is 0 Å². The van der Waals surface area contributed by atoms with Gasteiger partial charge in [0, 0.05) is 6.54 Å². The summed E-state index contributed by atoms with van der Waals surface area (Å²) in [7, 11) is 0. The smallest absolute Gasteiger partial charge is 0.127 e. The Morgan fingerprint density at radius 3 is 2.75 bits per heavy atom. The zero-order valence-electron chi connectivity index (χ0n) is 11.6. The summed E-state index contributed by atoms with van der Waals surface area (Å²) in [5.41, 5.74) is 4.83. The molecule has 1 aromatic carbocycles. The van der Waals surface area contributed by atoms with Crippen LogP contribution in [0.25, 0.3) is 0 Å². The van der Waals surface area contributed by atoms with Crippen LogP contribution >= 0.6 is 12.2 Å². The molecular formula is C15H16N4S. The van der Waals surface area contributed by atoms with E-state index in [4.69, 9.17) is 17.2 Å². The van der Waals surface area contributed by atoms with Crippen molar-refractivity contribution in [1.82, 2.24) is 15.1 Å². The van der Waals surface area contributed by atoms with Gasteiger partial charge in [0.05, 0.1) is 18.0 Å². The Hall–Kier alpha value is -2.01. The highest BCUT2D eigenvalue weighted by molar-refractivity contribution is 7.80. The number of aliphatic imine (C=N–C) groups is 1. The molecule has 2 aromatic rings. The molecule has 0 spiro atoms. The fourth-order valence-electron chi connectivity index (χ4n) is 2.38. The third-order valence-electron chi connectivity index (χ3n) is 3.38. The fourth-order valence-corrected chi connectivity index (χ4v) is 2.65. The molecule has 1 N–H and O–H groups in total. The van der Waals surface area contributed by atoms with Crippen LogP contribution in [-0.4, -0.2) is 27.0 Å². The van der Waals surface area contributed by atoms with E-state index < -0.39 is 0 Å². The average Bonchev–Trinajstić information content (AvgIpc) is 2.68. The third kappa shape index (κ3) is 2.14. The quantitative estimate of drug-likeness (QED) is 0.862. The normalized spacial score (nSPS) is 14.3. The number of aryl methyl sites for hydroxylation is 2. The number of benzene rings is 1. The minimum atomic E-state index is 0.640. The van der Waals surface area contributed by atoms with Crippen molar-refractivity contribution in [1.29, 1.82) is 0 Å². The molecule has 1 aliphatic rings. The molecule has 5 heteroatoms. The molecule has 20 heavy (non-hydrogen) atoms. The number of nitrogens with zero attached hydrogens (tertiary/aromatic N) is 3. The minimum absolute atomic E-state index is 0.640. The SMILES string of the molecule is CCn1nc(C)c2c1C(=S)NCC(c1ccccc1)=N2. The van der Waals surface area contributed by atoms with Crippen LogP contribution in [-0.2, 0) is 6.54 Å². The molecule has 1 aromatic heterocycles. The Balaban J connectivity index is 2.15. The highest BCUT2D eigenvalue weighted by atomic mass is 32.1. The molecule has 0 fully saturated rings. The molecule has 0 unspecified atom stereocenters. The maximum atomic E-state index is 5.47. The van der Waals surface area contributed by atoms with Crippen LogP contribution in [0.3, 0.4) is 0 Å². The molecule has 102 valence electrons. The van der Waals surface area contributed by atoms with Crippen molar-refractivity contribution in [3.63, 3.8) is 0 Å². The number of aromatic nitrogens is 2. The predicted octanol–water partition coefficient (Wildman–Crippen LogP) is 2.61. The molecule has 0 bridgehead atoms. The van der Waals surface area contributed by atoms with E-state index in [0.717, 1.165) is 39.9 Å². The molecule has 3 rings (SSSR count). The van der Waals surface area contributed by atoms with E-state index in [-0.39, 0.29) is 0 Å². The van der Waals surface area contributed by atoms with Crippen molar-refractivity contribution in [2.75, 3.05) is 6.54 Å². The Kier molecular flexibility index (Phi) is 3.36. The van der Waals surface area contributed by atoms with Crippen LogP contribution in [0, 0.1) is 6.92 Å². The van der Waals surface area contributed by atoms with E-state index >= 15 is 0 Å². The first-order valence-corrected chi connectivity index (χ1v) is 7.10. The maximum Gasteiger partial charge on any atom is 0.127 e. The predicted molar refractivity (Wildman–Crippen MR) is 85.0 cm³/mol. The van der Waals surface area contributed by atoms with Crippen LogP contribution < -0.4 is 5.32 Å². The van der Waals surface area contributed by atoms with Crippen molar-refractivity contribution in [2.45, 2.75) is 20.4 Å². The van der Waals surface area contributed by atoms with Gasteiger partial charge in [0.1, 0.15) is 16.4 Å². The van der Waals surface area contributed by atoms with Crippen LogP contribution in [0.1, 0.15) is 23.9 Å². The first kappa shape index (κ1) is 13.0. The minimum Gasteiger partial charge on any atom is -0.369 e. The van der Waals surface area contributed by atoms with E-state index in [1.165, 1.54) is 0 Å². The van der Waals surface area contributed by atoms with E-state index in [2.05, 4.69) is 29.5 Å². The van der Waals surface area contributed by atoms with Crippen molar-refractivity contribution in [2.24, 2.45) is 4.99 Å². The van der Waals surface area contributed by atoms with Gasteiger partial charge in [-0.1, -0.05) is 42.5 Å². The van der Waals surface area contributed by atoms with Gasteiger partial charge in [-0.3, -0.25) is 4.68 Å². The van der Waals surface area contributed by atoms with Gasteiger partial charge in [-0.25, -0.2) is 4.99 Å². The third-order valence-corrected chi connectivity index (χ3v) is 3.72. The number of fused-ring (bicyclic) bond motifs is 1. The van der Waals surface area contributed by atoms with Gasteiger partial charge in [0.2, 0.25) is 0 Å². The van der Waals surface area contributed by atoms with Crippen molar-refractivity contribution in [3.05, 3.63) is 47.3 Å². The Labute approximate surface area is 123 Å². The lowest BCUT2D eigenvalue weighted by atomic mass is 10.1. The summed E-state index contributed by atoms with van der Waals surface area (Å²) in [5.74, 6) is 0. The summed E-state index contributed by atoms with van der Waals surface area (Å²) < 4.78 is 1.91. The molecule has 0 aliphatic carbocycles. The molecule has 0 atom stereocenters. The molecule has 0 saturated carbocycles. The van der Waals surface area contributed by atoms with Gasteiger partial charge < -0.3 is 5.32 Å². The number of nitrogens with one attached hydrogen (secondary N) is 1. The molecule has 0 radical (unpaired) electrons. The number of rotatable bonds is 2. The van der Waals surface area contributed by atoms with Crippen LogP contribution in [0.4, 0.5) is 5.69 Å². The first-order valence-electron chi connectivity index (χ1n) is 6.69. The second-order valence-electron chi connectivity index (χ2n) is 4.71. The van der Waals surface area contributed by atoms with E-state index in [9.17, 15) is 0 Å². The summed E-state index contributed by atoms with van der Waals surface area (Å²) in [6.07, 6.45) is 0. The summed E-state index contributed by atoms with van der Waals surface area (Å²) in [6, 6.07) is 10.2. The van der Waals surface area contributed by atoms with Crippen molar-refractivity contribution in [3.8, 4) is 0 Å². The second-order valence-corrected chi connectivity index (χ2v) is 5.11. The van der Waals surface area contributed by atoms with Crippen molar-refractivity contribution >= 4 is 28.6 Å². The zero-order chi connectivity index (χ0) is 14.1. The highest BCUT2D eigenvalue weighted by Crippen LogP contribution is 2.27. The summed E-state index contributed by atoms with van der Waals surface area (Å²) in [6.45, 7) is 5.46. The highest BCUT2D eigenvalue weighted by Gasteiger charge is 2.22. The summed E-state index contributed by atoms with van der Waals surface area (Å²) in [5, 5.41) is 7.79. The topological polar surface area (TPSA) is 42.2 Å². The Bertz CT molecular complexity index is 685. The number of hydrogen-bond acceptors (Lipinski definition) is 3. The molecular weight excluding hydrogens is 268 g/mol. The van der Waals surface area contributed by atoms with Crippen LogP contribution in [0.5, 0.6) is 0 Å². The zero-order valence-corrected chi connectivity index (χ0v) is 12.4. The van der Waals surface area contributed by atoms with Gasteiger partial charge in [0.25, 0.3) is 0 Å². The van der Waals surface area contributed by atoms with Gasteiger partial charge in [-0.2, -0.15) is 5.10 Å². The standard InChI is InChI=1S/C15H16N4S/c1-3-19-14-13(10(2)18-19)17-12(9-16-15(14)20)11-7-5-4-6-8-11/h4-8H,3,9H2,1-2H3,(H,16,20). The lowest BCUT2D eigenvalue weighted by Gasteiger charge is -2.07. The monoisotopic (exact) mass is 284 g/mol. The second kappa shape index (κ2) is 5.17. The van der Waals surface area contributed by atoms with E-state index in [1.54, 1.807) is 0 Å². The van der Waals surface area contributed by atoms with Crippen LogP contribution in [0.15, 0.2) is 35.3 Å². The Morgan fingerprint density at radius 1 is 1.30 bits per heavy atom.